The van der Waals surface area contributed by atoms with Gasteiger partial charge >= 0.3 is 0 Å². The second kappa shape index (κ2) is 11.7. The van der Waals surface area contributed by atoms with Crippen molar-refractivity contribution in [1.82, 2.24) is 20.2 Å². The lowest BCUT2D eigenvalue weighted by molar-refractivity contribution is -0.122. The summed E-state index contributed by atoms with van der Waals surface area (Å²) in [6.07, 6.45) is 2.16. The fraction of sp³-hybridized carbons (Fsp3) is 0.500. The Bertz CT molecular complexity index is 1400. The topological polar surface area (TPSA) is 88.5 Å². The minimum atomic E-state index is -0.519. The monoisotopic (exact) mass is 537 g/mol. The van der Waals surface area contributed by atoms with Crippen LogP contribution < -0.4 is 25.8 Å². The van der Waals surface area contributed by atoms with E-state index in [1.165, 1.54) is 29.9 Å². The number of anilines is 1. The Balaban J connectivity index is 1.84. The number of amides is 1. The number of hydrogen-bond donors (Lipinski definition) is 2. The van der Waals surface area contributed by atoms with E-state index in [4.69, 9.17) is 9.72 Å². The first-order chi connectivity index (χ1) is 18.5. The molecule has 3 aromatic rings. The quantitative estimate of drug-likeness (QED) is 0.445. The van der Waals surface area contributed by atoms with Crippen LogP contribution in [0.15, 0.2) is 41.2 Å². The van der Waals surface area contributed by atoms with Gasteiger partial charge in [0.2, 0.25) is 5.91 Å². The molecule has 1 amide bonds. The standard InChI is InChI=1S/C30H40FN5O3/c1-7-8-21-15-35(18-30(4,5)17-32-21)22-10-12-25-23(14-22)29(38)36(16-27(37)33-19(2)3)28(34-25)20-9-11-24(31)26(13-20)39-6/h9-14,19,21,32H,7-8,15-18H2,1-6H3,(H,33,37)/t21-/m0/s1. The summed E-state index contributed by atoms with van der Waals surface area (Å²) in [5.74, 6) is -0.508. The van der Waals surface area contributed by atoms with E-state index in [2.05, 4.69) is 36.3 Å². The first-order valence-electron chi connectivity index (χ1n) is 13.7. The third-order valence-corrected chi connectivity index (χ3v) is 7.03. The van der Waals surface area contributed by atoms with Crippen LogP contribution >= 0.6 is 0 Å². The lowest BCUT2D eigenvalue weighted by atomic mass is 9.93. The van der Waals surface area contributed by atoms with Crippen molar-refractivity contribution in [1.29, 1.82) is 0 Å². The predicted molar refractivity (Wildman–Crippen MR) is 154 cm³/mol. The fourth-order valence-corrected chi connectivity index (χ4v) is 5.21. The molecular formula is C30H40FN5O3. The van der Waals surface area contributed by atoms with Gasteiger partial charge in [-0.3, -0.25) is 14.2 Å². The van der Waals surface area contributed by atoms with Gasteiger partial charge in [-0.05, 0) is 62.1 Å². The zero-order chi connectivity index (χ0) is 28.3. The van der Waals surface area contributed by atoms with Crippen molar-refractivity contribution in [3.05, 3.63) is 52.6 Å². The van der Waals surface area contributed by atoms with Gasteiger partial charge in [0.15, 0.2) is 11.6 Å². The molecule has 210 valence electrons. The number of hydrogen-bond acceptors (Lipinski definition) is 6. The molecule has 1 aromatic heterocycles. The van der Waals surface area contributed by atoms with Crippen LogP contribution in [-0.2, 0) is 11.3 Å². The second-order valence-corrected chi connectivity index (χ2v) is 11.5. The third-order valence-electron chi connectivity index (χ3n) is 7.03. The van der Waals surface area contributed by atoms with Crippen LogP contribution in [-0.4, -0.2) is 54.3 Å². The maximum Gasteiger partial charge on any atom is 0.262 e. The normalized spacial score (nSPS) is 17.3. The van der Waals surface area contributed by atoms with Gasteiger partial charge in [-0.25, -0.2) is 9.37 Å². The number of rotatable bonds is 8. The first-order valence-corrected chi connectivity index (χ1v) is 13.7. The van der Waals surface area contributed by atoms with E-state index >= 15 is 0 Å². The zero-order valence-corrected chi connectivity index (χ0v) is 23.8. The number of halogens is 1. The predicted octanol–water partition coefficient (Wildman–Crippen LogP) is 4.34. The van der Waals surface area contributed by atoms with Crippen molar-refractivity contribution in [3.8, 4) is 17.1 Å². The smallest absolute Gasteiger partial charge is 0.262 e. The van der Waals surface area contributed by atoms with Gasteiger partial charge < -0.3 is 20.3 Å². The van der Waals surface area contributed by atoms with Crippen LogP contribution in [0.25, 0.3) is 22.3 Å². The maximum absolute atomic E-state index is 14.2. The number of benzene rings is 2. The van der Waals surface area contributed by atoms with Gasteiger partial charge in [0, 0.05) is 43.0 Å². The van der Waals surface area contributed by atoms with Crippen molar-refractivity contribution in [2.45, 2.75) is 66.1 Å². The first kappa shape index (κ1) is 28.5. The molecule has 0 unspecified atom stereocenters. The maximum atomic E-state index is 14.2. The molecule has 1 aliphatic rings. The molecule has 0 bridgehead atoms. The molecule has 0 saturated carbocycles. The van der Waals surface area contributed by atoms with Gasteiger partial charge in [-0.2, -0.15) is 0 Å². The lowest BCUT2D eigenvalue weighted by Crippen LogP contribution is -2.38. The molecular weight excluding hydrogens is 497 g/mol. The Morgan fingerprint density at radius 1 is 1.26 bits per heavy atom. The van der Waals surface area contributed by atoms with Gasteiger partial charge in [-0.15, -0.1) is 0 Å². The van der Waals surface area contributed by atoms with Gasteiger partial charge in [-0.1, -0.05) is 27.2 Å². The van der Waals surface area contributed by atoms with Crippen LogP contribution in [0.5, 0.6) is 5.75 Å². The largest absolute Gasteiger partial charge is 0.494 e. The molecule has 4 rings (SSSR count). The summed E-state index contributed by atoms with van der Waals surface area (Å²) in [6.45, 7) is 12.8. The summed E-state index contributed by atoms with van der Waals surface area (Å²) in [5, 5.41) is 6.99. The van der Waals surface area contributed by atoms with Crippen LogP contribution in [0.1, 0.15) is 47.5 Å². The van der Waals surface area contributed by atoms with Crippen molar-refractivity contribution in [2.24, 2.45) is 5.41 Å². The average Bonchev–Trinajstić information content (AvgIpc) is 3.03. The molecule has 1 saturated heterocycles. The Hall–Kier alpha value is -3.46. The molecule has 1 atom stereocenters. The van der Waals surface area contributed by atoms with Gasteiger partial charge in [0.1, 0.15) is 12.4 Å². The number of carbonyl (C=O) groups is 1. The number of nitrogens with one attached hydrogen (secondary N) is 2. The minimum absolute atomic E-state index is 0.0365. The van der Waals surface area contributed by atoms with E-state index in [1.807, 2.05) is 32.0 Å². The van der Waals surface area contributed by atoms with E-state index in [-0.39, 0.29) is 41.0 Å². The molecule has 39 heavy (non-hydrogen) atoms. The molecule has 1 aliphatic heterocycles. The van der Waals surface area contributed by atoms with Crippen LogP contribution in [0.4, 0.5) is 10.1 Å². The van der Waals surface area contributed by atoms with Gasteiger partial charge in [0.25, 0.3) is 5.56 Å². The van der Waals surface area contributed by atoms with Gasteiger partial charge in [0.05, 0.1) is 18.0 Å². The summed E-state index contributed by atoms with van der Waals surface area (Å²) in [4.78, 5) is 33.9. The average molecular weight is 538 g/mol. The SMILES string of the molecule is CCC[C@H]1CN(c2ccc3nc(-c4ccc(F)c(OC)c4)n(CC(=O)NC(C)C)c(=O)c3c2)CC(C)(C)CN1. The number of aromatic nitrogens is 2. The molecule has 9 heteroatoms. The lowest BCUT2D eigenvalue weighted by Gasteiger charge is -2.31. The van der Waals surface area contributed by atoms with Crippen molar-refractivity contribution < 1.29 is 13.9 Å². The zero-order valence-electron chi connectivity index (χ0n) is 23.8. The molecule has 0 radical (unpaired) electrons. The number of fused-ring (bicyclic) bond motifs is 1. The summed E-state index contributed by atoms with van der Waals surface area (Å²) in [6, 6.07) is 10.3. The van der Waals surface area contributed by atoms with Crippen molar-refractivity contribution >= 4 is 22.5 Å². The highest BCUT2D eigenvalue weighted by Gasteiger charge is 2.29. The third kappa shape index (κ3) is 6.58. The van der Waals surface area contributed by atoms with E-state index in [0.29, 0.717) is 22.5 Å². The molecule has 2 aromatic carbocycles. The molecule has 2 heterocycles. The van der Waals surface area contributed by atoms with Crippen LogP contribution in [0.2, 0.25) is 0 Å². The highest BCUT2D eigenvalue weighted by molar-refractivity contribution is 5.85. The molecule has 2 N–H and O–H groups in total. The summed E-state index contributed by atoms with van der Waals surface area (Å²) in [5.41, 5.74) is 1.68. The second-order valence-electron chi connectivity index (χ2n) is 11.5. The summed E-state index contributed by atoms with van der Waals surface area (Å²) in [7, 11) is 1.38. The van der Waals surface area contributed by atoms with Crippen molar-refractivity contribution in [2.75, 3.05) is 31.6 Å². The molecule has 1 fully saturated rings. The Labute approximate surface area is 229 Å². The van der Waals surface area contributed by atoms with E-state index in [0.717, 1.165) is 38.2 Å². The molecule has 0 spiro atoms. The summed E-state index contributed by atoms with van der Waals surface area (Å²) < 4.78 is 20.7. The minimum Gasteiger partial charge on any atom is -0.494 e. The number of nitrogens with zero attached hydrogens (tertiary/aromatic N) is 3. The summed E-state index contributed by atoms with van der Waals surface area (Å²) >= 11 is 0. The molecule has 8 nitrogen and oxygen atoms in total. The Morgan fingerprint density at radius 3 is 2.72 bits per heavy atom. The van der Waals surface area contributed by atoms with Crippen LogP contribution in [0, 0.1) is 11.2 Å². The Morgan fingerprint density at radius 2 is 2.03 bits per heavy atom. The van der Waals surface area contributed by atoms with Crippen molar-refractivity contribution in [3.63, 3.8) is 0 Å². The van der Waals surface area contributed by atoms with Crippen LogP contribution in [0.3, 0.4) is 0 Å². The number of methoxy groups -OCH3 is 1. The van der Waals surface area contributed by atoms with E-state index in [1.54, 1.807) is 0 Å². The number of carbonyl (C=O) groups excluding carboxylic acids is 1. The van der Waals surface area contributed by atoms with E-state index < -0.39 is 5.82 Å². The number of ether oxygens (including phenoxy) is 1. The Kier molecular flexibility index (Phi) is 8.59. The highest BCUT2D eigenvalue weighted by Crippen LogP contribution is 2.29. The van der Waals surface area contributed by atoms with E-state index in [9.17, 15) is 14.0 Å². The highest BCUT2D eigenvalue weighted by atomic mass is 19.1. The molecule has 0 aliphatic carbocycles. The fourth-order valence-electron chi connectivity index (χ4n) is 5.21.